The molecule has 16 heavy (non-hydrogen) atoms. The monoisotopic (exact) mass is 226 g/mol. The Morgan fingerprint density at radius 3 is 2.38 bits per heavy atom. The molecule has 0 aromatic heterocycles. The number of carbonyl (C=O) groups is 3. The molecular formula is C11H18N2O3. The molecule has 1 saturated carbocycles. The second kappa shape index (κ2) is 5.75. The minimum atomic E-state index is -0.513. The Morgan fingerprint density at radius 2 is 1.94 bits per heavy atom. The van der Waals surface area contributed by atoms with E-state index in [0.29, 0.717) is 6.42 Å². The van der Waals surface area contributed by atoms with Crippen LogP contribution in [0.4, 0.5) is 0 Å². The third-order valence-corrected chi connectivity index (χ3v) is 2.67. The molecule has 0 spiro atoms. The van der Waals surface area contributed by atoms with Crippen molar-refractivity contribution < 1.29 is 14.4 Å². The minimum absolute atomic E-state index is 0.0158. The molecular weight excluding hydrogens is 208 g/mol. The average Bonchev–Trinajstić information content (AvgIpc) is 3.01. The van der Waals surface area contributed by atoms with Crippen LogP contribution in [0.15, 0.2) is 0 Å². The molecule has 2 N–H and O–H groups in total. The van der Waals surface area contributed by atoms with Gasteiger partial charge in [-0.3, -0.25) is 14.4 Å². The molecule has 0 aliphatic heterocycles. The Kier molecular flexibility index (Phi) is 4.61. The van der Waals surface area contributed by atoms with Gasteiger partial charge in [0, 0.05) is 12.5 Å². The molecule has 0 bridgehead atoms. The van der Waals surface area contributed by atoms with Gasteiger partial charge in [0.2, 0.25) is 5.78 Å². The highest BCUT2D eigenvalue weighted by molar-refractivity contribution is 6.36. The van der Waals surface area contributed by atoms with Gasteiger partial charge >= 0.3 is 0 Å². The van der Waals surface area contributed by atoms with E-state index in [1.54, 1.807) is 7.05 Å². The Balaban J connectivity index is 2.27. The van der Waals surface area contributed by atoms with E-state index in [4.69, 9.17) is 0 Å². The maximum absolute atomic E-state index is 11.4. The van der Waals surface area contributed by atoms with Crippen LogP contribution in [0.3, 0.4) is 0 Å². The highest BCUT2D eigenvalue weighted by Gasteiger charge is 2.26. The minimum Gasteiger partial charge on any atom is -0.347 e. The van der Waals surface area contributed by atoms with E-state index in [1.165, 1.54) is 6.92 Å². The summed E-state index contributed by atoms with van der Waals surface area (Å²) >= 11 is 0. The van der Waals surface area contributed by atoms with Crippen molar-refractivity contribution in [3.8, 4) is 0 Å². The predicted molar refractivity (Wildman–Crippen MR) is 58.9 cm³/mol. The van der Waals surface area contributed by atoms with Crippen LogP contribution in [0.1, 0.15) is 32.6 Å². The van der Waals surface area contributed by atoms with E-state index in [1.807, 2.05) is 0 Å². The normalized spacial score (nSPS) is 16.6. The number of hydrogen-bond donors (Lipinski definition) is 2. The topological polar surface area (TPSA) is 75.3 Å². The summed E-state index contributed by atoms with van der Waals surface area (Å²) < 4.78 is 0. The van der Waals surface area contributed by atoms with Gasteiger partial charge in [0.1, 0.15) is 5.78 Å². The van der Waals surface area contributed by atoms with Gasteiger partial charge in [0.05, 0.1) is 6.04 Å². The maximum Gasteiger partial charge on any atom is 0.287 e. The number of likely N-dealkylation sites (N-methyl/N-ethyl adjacent to an activating group) is 1. The molecule has 0 unspecified atom stereocenters. The lowest BCUT2D eigenvalue weighted by atomic mass is 10.1. The van der Waals surface area contributed by atoms with Crippen molar-refractivity contribution in [2.45, 2.75) is 44.7 Å². The highest BCUT2D eigenvalue weighted by Crippen LogP contribution is 2.18. The molecule has 90 valence electrons. The molecule has 1 rings (SSSR count). The van der Waals surface area contributed by atoms with Crippen LogP contribution in [0.25, 0.3) is 0 Å². The first-order chi connectivity index (χ1) is 7.54. The number of nitrogens with one attached hydrogen (secondary N) is 2. The van der Waals surface area contributed by atoms with Gasteiger partial charge < -0.3 is 10.6 Å². The van der Waals surface area contributed by atoms with E-state index in [0.717, 1.165) is 12.8 Å². The fraction of sp³-hybridized carbons (Fsp3) is 0.727. The lowest BCUT2D eigenvalue weighted by molar-refractivity contribution is -0.138. The second-order valence-corrected chi connectivity index (χ2v) is 4.16. The summed E-state index contributed by atoms with van der Waals surface area (Å²) in [5.74, 6) is -0.966. The number of Topliss-reactive ketones (excluding diaryl/α,β-unsaturated/α-hetero) is 2. The molecule has 0 aromatic carbocycles. The smallest absolute Gasteiger partial charge is 0.287 e. The molecule has 5 heteroatoms. The zero-order valence-corrected chi connectivity index (χ0v) is 9.71. The van der Waals surface area contributed by atoms with Gasteiger partial charge in [-0.15, -0.1) is 0 Å². The Morgan fingerprint density at radius 1 is 1.31 bits per heavy atom. The summed E-state index contributed by atoms with van der Waals surface area (Å²) in [4.78, 5) is 33.8. The summed E-state index contributed by atoms with van der Waals surface area (Å²) in [6.45, 7) is 1.47. The van der Waals surface area contributed by atoms with Crippen LogP contribution in [0.5, 0.6) is 0 Å². The van der Waals surface area contributed by atoms with E-state index in [2.05, 4.69) is 10.6 Å². The third-order valence-electron chi connectivity index (χ3n) is 2.67. The quantitative estimate of drug-likeness (QED) is 0.589. The molecule has 1 atom stereocenters. The van der Waals surface area contributed by atoms with Crippen molar-refractivity contribution >= 4 is 17.5 Å². The Hall–Kier alpha value is -1.23. The SMILES string of the molecule is CN[C@@H](CCC(=O)C(=O)NC1CC1)C(C)=O. The molecule has 1 aliphatic carbocycles. The standard InChI is InChI=1S/C11H18N2O3/c1-7(14)9(12-2)5-6-10(15)11(16)13-8-3-4-8/h8-9,12H,3-6H2,1-2H3,(H,13,16)/t9-/m0/s1. The van der Waals surface area contributed by atoms with Crippen molar-refractivity contribution in [3.63, 3.8) is 0 Å². The van der Waals surface area contributed by atoms with Crippen LogP contribution in [-0.4, -0.2) is 36.6 Å². The highest BCUT2D eigenvalue weighted by atomic mass is 16.2. The van der Waals surface area contributed by atoms with Crippen molar-refractivity contribution in [1.29, 1.82) is 0 Å². The lowest BCUT2D eigenvalue weighted by Crippen LogP contribution is -2.36. The number of amides is 1. The van der Waals surface area contributed by atoms with E-state index >= 15 is 0 Å². The Labute approximate surface area is 95.0 Å². The van der Waals surface area contributed by atoms with Gasteiger partial charge in [-0.25, -0.2) is 0 Å². The van der Waals surface area contributed by atoms with Crippen LogP contribution in [0.2, 0.25) is 0 Å². The summed E-state index contributed by atoms with van der Waals surface area (Å²) in [6, 6.07) is -0.137. The van der Waals surface area contributed by atoms with Gasteiger partial charge in [-0.1, -0.05) is 0 Å². The van der Waals surface area contributed by atoms with Gasteiger partial charge in [0.15, 0.2) is 0 Å². The first-order valence-corrected chi connectivity index (χ1v) is 5.56. The fourth-order valence-corrected chi connectivity index (χ4v) is 1.43. The zero-order chi connectivity index (χ0) is 12.1. The molecule has 5 nitrogen and oxygen atoms in total. The van der Waals surface area contributed by atoms with Gasteiger partial charge in [0.25, 0.3) is 5.91 Å². The van der Waals surface area contributed by atoms with Crippen LogP contribution < -0.4 is 10.6 Å². The lowest BCUT2D eigenvalue weighted by Gasteiger charge is -2.11. The number of hydrogen-bond acceptors (Lipinski definition) is 4. The van der Waals surface area contributed by atoms with Crippen molar-refractivity contribution in [2.24, 2.45) is 0 Å². The van der Waals surface area contributed by atoms with Crippen LogP contribution >= 0.6 is 0 Å². The summed E-state index contributed by atoms with van der Waals surface area (Å²) in [7, 11) is 1.67. The maximum atomic E-state index is 11.4. The zero-order valence-electron chi connectivity index (χ0n) is 9.71. The summed E-state index contributed by atoms with van der Waals surface area (Å²) in [6.07, 6.45) is 2.42. The first kappa shape index (κ1) is 12.8. The predicted octanol–water partition coefficient (Wildman–Crippen LogP) is -0.209. The van der Waals surface area contributed by atoms with E-state index in [-0.39, 0.29) is 24.3 Å². The molecule has 0 aromatic rings. The summed E-state index contributed by atoms with van der Waals surface area (Å²) in [5.41, 5.74) is 0. The first-order valence-electron chi connectivity index (χ1n) is 5.56. The molecule has 0 saturated heterocycles. The van der Waals surface area contributed by atoms with Gasteiger partial charge in [-0.2, -0.15) is 0 Å². The van der Waals surface area contributed by atoms with Gasteiger partial charge in [-0.05, 0) is 33.2 Å². The molecule has 1 aliphatic rings. The number of ketones is 2. The third kappa shape index (κ3) is 4.10. The molecule has 0 radical (unpaired) electrons. The van der Waals surface area contributed by atoms with Crippen molar-refractivity contribution in [3.05, 3.63) is 0 Å². The average molecular weight is 226 g/mol. The molecule has 1 amide bonds. The summed E-state index contributed by atoms with van der Waals surface area (Å²) in [5, 5.41) is 5.45. The number of rotatable bonds is 7. The van der Waals surface area contributed by atoms with Crippen molar-refractivity contribution in [1.82, 2.24) is 10.6 Å². The Bertz CT molecular complexity index is 298. The molecule has 0 heterocycles. The van der Waals surface area contributed by atoms with Crippen LogP contribution in [-0.2, 0) is 14.4 Å². The van der Waals surface area contributed by atoms with Crippen LogP contribution in [0, 0.1) is 0 Å². The van der Waals surface area contributed by atoms with E-state index < -0.39 is 11.7 Å². The largest absolute Gasteiger partial charge is 0.347 e. The van der Waals surface area contributed by atoms with Crippen molar-refractivity contribution in [2.75, 3.05) is 7.05 Å². The fourth-order valence-electron chi connectivity index (χ4n) is 1.43. The number of carbonyl (C=O) groups excluding carboxylic acids is 3. The van der Waals surface area contributed by atoms with E-state index in [9.17, 15) is 14.4 Å². The second-order valence-electron chi connectivity index (χ2n) is 4.16. The molecule has 1 fully saturated rings.